The molecule has 0 spiro atoms. The van der Waals surface area contributed by atoms with Crippen molar-refractivity contribution in [2.45, 2.75) is 70.0 Å². The van der Waals surface area contributed by atoms with Crippen LogP contribution in [0, 0.1) is 23.4 Å². The lowest BCUT2D eigenvalue weighted by Crippen LogP contribution is -2.60. The number of methoxy groups -OCH3 is 1. The van der Waals surface area contributed by atoms with Gasteiger partial charge in [0.25, 0.3) is 5.91 Å². The topological polar surface area (TPSA) is 96.7 Å². The molecule has 0 radical (unpaired) electrons. The number of carbonyl (C=O) groups is 2. The number of piperidine rings is 1. The molecule has 2 aliphatic rings. The molecule has 1 saturated carbocycles. The van der Waals surface area contributed by atoms with Crippen molar-refractivity contribution in [3.63, 3.8) is 0 Å². The quantitative estimate of drug-likeness (QED) is 0.529. The Morgan fingerprint density at radius 2 is 1.79 bits per heavy atom. The molecule has 38 heavy (non-hydrogen) atoms. The van der Waals surface area contributed by atoms with Crippen molar-refractivity contribution in [2.24, 2.45) is 5.92 Å². The lowest BCUT2D eigenvalue weighted by atomic mass is 9.86. The summed E-state index contributed by atoms with van der Waals surface area (Å²) in [6.07, 6.45) is 6.31. The molecule has 2 N–H and O–H groups in total. The summed E-state index contributed by atoms with van der Waals surface area (Å²) in [7, 11) is 1.57. The molecule has 2 aromatic rings. The van der Waals surface area contributed by atoms with E-state index in [-0.39, 0.29) is 17.4 Å². The fraction of sp³-hybridized carbons (Fsp3) is 0.593. The molecular weight excluding hydrogens is 501 g/mol. The molecule has 1 aromatic heterocycles. The Morgan fingerprint density at radius 3 is 2.45 bits per heavy atom. The summed E-state index contributed by atoms with van der Waals surface area (Å²) in [4.78, 5) is 28.9. The highest BCUT2D eigenvalue weighted by molar-refractivity contribution is 5.94. The average molecular weight is 537 g/mol. The van der Waals surface area contributed by atoms with Crippen molar-refractivity contribution in [2.75, 3.05) is 26.8 Å². The van der Waals surface area contributed by atoms with Gasteiger partial charge in [-0.2, -0.15) is 0 Å². The number of nitrogens with zero attached hydrogens (tertiary/aromatic N) is 2. The third-order valence-electron chi connectivity index (χ3n) is 7.35. The summed E-state index contributed by atoms with van der Waals surface area (Å²) in [5.41, 5.74) is -1.41. The van der Waals surface area contributed by atoms with Crippen molar-refractivity contribution >= 4 is 11.8 Å². The van der Waals surface area contributed by atoms with Gasteiger partial charge in [0.05, 0.1) is 23.6 Å². The monoisotopic (exact) mass is 536 g/mol. The molecule has 1 saturated heterocycles. The van der Waals surface area contributed by atoms with Gasteiger partial charge in [-0.3, -0.25) is 14.5 Å². The van der Waals surface area contributed by atoms with Crippen LogP contribution in [0.2, 0.25) is 0 Å². The van der Waals surface area contributed by atoms with E-state index in [9.17, 15) is 22.8 Å². The van der Waals surface area contributed by atoms with Crippen LogP contribution in [0.4, 0.5) is 13.2 Å². The first-order valence-electron chi connectivity index (χ1n) is 13.1. The van der Waals surface area contributed by atoms with Crippen LogP contribution in [0.5, 0.6) is 0 Å². The number of carbonyl (C=O) groups excluding carboxylic acids is 2. The average Bonchev–Trinajstić information content (AvgIpc) is 3.33. The summed E-state index contributed by atoms with van der Waals surface area (Å²) in [6.45, 7) is 5.30. The molecular formula is C27H35F3N4O4. The van der Waals surface area contributed by atoms with Crippen LogP contribution in [-0.2, 0) is 9.53 Å². The third-order valence-corrected chi connectivity index (χ3v) is 7.35. The Kier molecular flexibility index (Phi) is 8.77. The molecule has 208 valence electrons. The number of aromatic nitrogens is 1. The first-order valence-corrected chi connectivity index (χ1v) is 13.1. The Labute approximate surface area is 220 Å². The van der Waals surface area contributed by atoms with Crippen LogP contribution in [0.1, 0.15) is 62.9 Å². The fourth-order valence-corrected chi connectivity index (χ4v) is 5.54. The number of benzene rings is 1. The van der Waals surface area contributed by atoms with Crippen molar-refractivity contribution < 1.29 is 32.0 Å². The molecule has 2 heterocycles. The van der Waals surface area contributed by atoms with Crippen LogP contribution in [0.25, 0.3) is 11.3 Å². The van der Waals surface area contributed by atoms with E-state index in [1.54, 1.807) is 7.11 Å². The Hall–Kier alpha value is -2.92. The molecule has 0 unspecified atom stereocenters. The SMILES string of the molecule is COCC(C)(C)NC(=O)[C@H]1CN(C2CCCCC2)CC[C@@H]1NC(=O)c1cc(-c2c(F)cc(F)cc2F)on1. The van der Waals surface area contributed by atoms with E-state index in [1.165, 1.54) is 19.3 Å². The van der Waals surface area contributed by atoms with Gasteiger partial charge >= 0.3 is 0 Å². The molecule has 11 heteroatoms. The number of halogens is 3. The van der Waals surface area contributed by atoms with Crippen LogP contribution < -0.4 is 10.6 Å². The molecule has 2 amide bonds. The predicted molar refractivity (Wildman–Crippen MR) is 134 cm³/mol. The molecule has 1 aromatic carbocycles. The Bertz CT molecular complexity index is 1130. The summed E-state index contributed by atoms with van der Waals surface area (Å²) in [5.74, 6) is -5.09. The van der Waals surface area contributed by atoms with Crippen LogP contribution in [0.15, 0.2) is 22.7 Å². The lowest BCUT2D eigenvalue weighted by Gasteiger charge is -2.43. The standard InChI is InChI=1S/C27H35F3N4O4/c1-27(2,15-37-3)32-25(35)18-14-34(17-7-5-4-6-8-17)10-9-21(18)31-26(36)22-13-23(38-33-22)24-19(29)11-16(28)12-20(24)30/h11-13,17-18,21H,4-10,14-15H2,1-3H3,(H,31,36)(H,32,35)/t18-,21-/m0/s1. The van der Waals surface area contributed by atoms with Gasteiger partial charge in [-0.05, 0) is 33.1 Å². The zero-order chi connectivity index (χ0) is 27.4. The summed E-state index contributed by atoms with van der Waals surface area (Å²) in [6, 6.07) is 2.08. The minimum Gasteiger partial charge on any atom is -0.382 e. The number of amides is 2. The number of hydrogen-bond donors (Lipinski definition) is 2. The summed E-state index contributed by atoms with van der Waals surface area (Å²) < 4.78 is 51.9. The van der Waals surface area contributed by atoms with Gasteiger partial charge in [0, 0.05) is 50.5 Å². The van der Waals surface area contributed by atoms with E-state index in [4.69, 9.17) is 9.26 Å². The van der Waals surface area contributed by atoms with E-state index in [0.717, 1.165) is 25.5 Å². The first-order chi connectivity index (χ1) is 18.1. The van der Waals surface area contributed by atoms with E-state index >= 15 is 0 Å². The fourth-order valence-electron chi connectivity index (χ4n) is 5.54. The van der Waals surface area contributed by atoms with E-state index in [2.05, 4.69) is 20.7 Å². The van der Waals surface area contributed by atoms with Gasteiger partial charge in [-0.1, -0.05) is 24.4 Å². The first kappa shape index (κ1) is 28.1. The number of ether oxygens (including phenoxy) is 1. The van der Waals surface area contributed by atoms with Gasteiger partial charge in [-0.25, -0.2) is 13.2 Å². The molecule has 2 fully saturated rings. The van der Waals surface area contributed by atoms with Gasteiger partial charge in [0.15, 0.2) is 11.5 Å². The number of hydrogen-bond acceptors (Lipinski definition) is 6. The maximum absolute atomic E-state index is 14.2. The van der Waals surface area contributed by atoms with Gasteiger partial charge in [-0.15, -0.1) is 0 Å². The van der Waals surface area contributed by atoms with Crippen LogP contribution >= 0.6 is 0 Å². The third kappa shape index (κ3) is 6.55. The lowest BCUT2D eigenvalue weighted by molar-refractivity contribution is -0.130. The van der Waals surface area contributed by atoms with E-state index in [0.29, 0.717) is 37.7 Å². The second-order valence-corrected chi connectivity index (χ2v) is 10.9. The summed E-state index contributed by atoms with van der Waals surface area (Å²) in [5, 5.41) is 9.59. The minimum absolute atomic E-state index is 0.186. The second kappa shape index (κ2) is 11.9. The highest BCUT2D eigenvalue weighted by Crippen LogP contribution is 2.30. The maximum atomic E-state index is 14.2. The molecule has 8 nitrogen and oxygen atoms in total. The number of nitrogens with one attached hydrogen (secondary N) is 2. The maximum Gasteiger partial charge on any atom is 0.273 e. The second-order valence-electron chi connectivity index (χ2n) is 10.9. The minimum atomic E-state index is -1.17. The molecule has 1 aliphatic carbocycles. The molecule has 1 aliphatic heterocycles. The van der Waals surface area contributed by atoms with Crippen LogP contribution in [-0.4, -0.2) is 66.3 Å². The Balaban J connectivity index is 1.50. The highest BCUT2D eigenvalue weighted by Gasteiger charge is 2.39. The zero-order valence-electron chi connectivity index (χ0n) is 22.0. The number of rotatable bonds is 8. The van der Waals surface area contributed by atoms with Crippen molar-refractivity contribution in [1.82, 2.24) is 20.7 Å². The van der Waals surface area contributed by atoms with Crippen LogP contribution in [0.3, 0.4) is 0 Å². The van der Waals surface area contributed by atoms with Crippen molar-refractivity contribution in [1.29, 1.82) is 0 Å². The molecule has 2 atom stereocenters. The van der Waals surface area contributed by atoms with Crippen molar-refractivity contribution in [3.05, 3.63) is 41.3 Å². The zero-order valence-corrected chi connectivity index (χ0v) is 22.0. The largest absolute Gasteiger partial charge is 0.382 e. The molecule has 0 bridgehead atoms. The van der Waals surface area contributed by atoms with E-state index in [1.807, 2.05) is 13.8 Å². The van der Waals surface area contributed by atoms with Gasteiger partial charge in [0.1, 0.15) is 17.5 Å². The van der Waals surface area contributed by atoms with Gasteiger partial charge in [0.2, 0.25) is 5.91 Å². The predicted octanol–water partition coefficient (Wildman–Crippen LogP) is 4.05. The molecule has 4 rings (SSSR count). The van der Waals surface area contributed by atoms with Crippen molar-refractivity contribution in [3.8, 4) is 11.3 Å². The number of likely N-dealkylation sites (tertiary alicyclic amines) is 1. The van der Waals surface area contributed by atoms with Gasteiger partial charge < -0.3 is 19.9 Å². The Morgan fingerprint density at radius 1 is 1.11 bits per heavy atom. The van der Waals surface area contributed by atoms with E-state index < -0.39 is 46.4 Å². The summed E-state index contributed by atoms with van der Waals surface area (Å²) >= 11 is 0. The normalized spacial score (nSPS) is 21.3. The highest BCUT2D eigenvalue weighted by atomic mass is 19.1. The smallest absolute Gasteiger partial charge is 0.273 e.